The largest absolute Gasteiger partial charge is 0.454 e. The van der Waals surface area contributed by atoms with Crippen LogP contribution in [0.2, 0.25) is 5.02 Å². The molecule has 1 unspecified atom stereocenters. The first-order valence-corrected chi connectivity index (χ1v) is 12.4. The molecule has 0 fully saturated rings. The molecule has 1 amide bonds. The number of carbonyl (C=O) groups excluding carboxylic acids is 1. The van der Waals surface area contributed by atoms with Gasteiger partial charge in [-0.05, 0) is 67.4 Å². The molecule has 184 valence electrons. The number of nitrogens with zero attached hydrogens (tertiary/aromatic N) is 3. The minimum atomic E-state index is -0.448. The second kappa shape index (κ2) is 10.0. The van der Waals surface area contributed by atoms with E-state index in [0.717, 1.165) is 6.42 Å². The van der Waals surface area contributed by atoms with Crippen LogP contribution in [-0.4, -0.2) is 33.7 Å². The number of benzene rings is 3. The molecule has 1 aliphatic heterocycles. The molecule has 4 aromatic rings. The van der Waals surface area contributed by atoms with Crippen LogP contribution in [-0.2, 0) is 0 Å². The molecule has 1 aliphatic rings. The summed E-state index contributed by atoms with van der Waals surface area (Å²) in [5, 5.41) is 1.08. The third-order valence-corrected chi connectivity index (χ3v) is 6.54. The minimum Gasteiger partial charge on any atom is -0.454 e. The van der Waals surface area contributed by atoms with Gasteiger partial charge in [0.05, 0.1) is 22.6 Å². The lowest BCUT2D eigenvalue weighted by Gasteiger charge is -2.32. The summed E-state index contributed by atoms with van der Waals surface area (Å²) in [5.74, 6) is 1.51. The number of hydrogen-bond donors (Lipinski definition) is 0. The molecule has 0 aliphatic carbocycles. The molecular formula is C28H26ClN3O4. The lowest BCUT2D eigenvalue weighted by atomic mass is 10.1. The van der Waals surface area contributed by atoms with Gasteiger partial charge in [-0.1, -0.05) is 37.6 Å². The zero-order valence-corrected chi connectivity index (χ0v) is 20.9. The van der Waals surface area contributed by atoms with Crippen LogP contribution in [0, 0.1) is 0 Å². The van der Waals surface area contributed by atoms with Crippen molar-refractivity contribution in [3.8, 4) is 17.2 Å². The Morgan fingerprint density at radius 2 is 1.81 bits per heavy atom. The van der Waals surface area contributed by atoms with Gasteiger partial charge in [-0.25, -0.2) is 4.98 Å². The van der Waals surface area contributed by atoms with Gasteiger partial charge in [0.2, 0.25) is 6.79 Å². The molecule has 0 saturated carbocycles. The molecule has 8 heteroatoms. The van der Waals surface area contributed by atoms with Crippen molar-refractivity contribution in [1.82, 2.24) is 14.5 Å². The molecule has 0 bridgehead atoms. The SMILES string of the molecule is CCCN(C(=O)c1ccc2c(c1)OCO2)C(CC)c1nc2ccccc2c(=O)n1-c1ccc(Cl)cc1. The summed E-state index contributed by atoms with van der Waals surface area (Å²) in [4.78, 5) is 34.3. The summed E-state index contributed by atoms with van der Waals surface area (Å²) < 4.78 is 12.5. The first kappa shape index (κ1) is 23.9. The lowest BCUT2D eigenvalue weighted by Crippen LogP contribution is -2.39. The van der Waals surface area contributed by atoms with E-state index < -0.39 is 6.04 Å². The number of para-hydroxylation sites is 1. The van der Waals surface area contributed by atoms with Crippen molar-refractivity contribution in [3.63, 3.8) is 0 Å². The quantitative estimate of drug-likeness (QED) is 0.320. The Morgan fingerprint density at radius 1 is 1.06 bits per heavy atom. The van der Waals surface area contributed by atoms with Crippen molar-refractivity contribution in [1.29, 1.82) is 0 Å². The van der Waals surface area contributed by atoms with Gasteiger partial charge in [-0.15, -0.1) is 0 Å². The van der Waals surface area contributed by atoms with Gasteiger partial charge in [0.1, 0.15) is 5.82 Å². The number of amides is 1. The normalized spacial score (nSPS) is 13.1. The number of hydrogen-bond acceptors (Lipinski definition) is 5. The van der Waals surface area contributed by atoms with Crippen LogP contribution in [0.1, 0.15) is 48.9 Å². The summed E-state index contributed by atoms with van der Waals surface area (Å²) in [6.07, 6.45) is 1.31. The second-order valence-corrected chi connectivity index (χ2v) is 9.03. The van der Waals surface area contributed by atoms with E-state index in [1.807, 2.05) is 32.0 Å². The highest BCUT2D eigenvalue weighted by Gasteiger charge is 2.30. The van der Waals surface area contributed by atoms with Gasteiger partial charge < -0.3 is 14.4 Å². The molecule has 0 N–H and O–H groups in total. The van der Waals surface area contributed by atoms with E-state index in [4.69, 9.17) is 26.1 Å². The topological polar surface area (TPSA) is 73.7 Å². The van der Waals surface area contributed by atoms with Crippen LogP contribution in [0.5, 0.6) is 11.5 Å². The van der Waals surface area contributed by atoms with Crippen molar-refractivity contribution in [3.05, 3.63) is 93.5 Å². The lowest BCUT2D eigenvalue weighted by molar-refractivity contribution is 0.0659. The molecule has 1 aromatic heterocycles. The van der Waals surface area contributed by atoms with Crippen LogP contribution in [0.4, 0.5) is 0 Å². The first-order valence-electron chi connectivity index (χ1n) is 12.0. The first-order chi connectivity index (χ1) is 17.5. The van der Waals surface area contributed by atoms with E-state index in [2.05, 4.69) is 0 Å². The van der Waals surface area contributed by atoms with E-state index in [0.29, 0.717) is 57.5 Å². The summed E-state index contributed by atoms with van der Waals surface area (Å²) >= 11 is 6.13. The molecule has 5 rings (SSSR count). The number of halogens is 1. The van der Waals surface area contributed by atoms with Crippen LogP contribution < -0.4 is 15.0 Å². The van der Waals surface area contributed by atoms with Gasteiger partial charge in [-0.2, -0.15) is 0 Å². The molecule has 7 nitrogen and oxygen atoms in total. The van der Waals surface area contributed by atoms with Crippen molar-refractivity contribution in [2.24, 2.45) is 0 Å². The smallest absolute Gasteiger partial charge is 0.266 e. The van der Waals surface area contributed by atoms with Crippen molar-refractivity contribution in [2.75, 3.05) is 13.3 Å². The molecule has 0 radical (unpaired) electrons. The number of carbonyl (C=O) groups is 1. The second-order valence-electron chi connectivity index (χ2n) is 8.59. The molecular weight excluding hydrogens is 478 g/mol. The van der Waals surface area contributed by atoms with Gasteiger partial charge in [-0.3, -0.25) is 14.2 Å². The number of rotatable bonds is 7. The minimum absolute atomic E-state index is 0.137. The summed E-state index contributed by atoms with van der Waals surface area (Å²) in [6, 6.07) is 19.1. The Balaban J connectivity index is 1.67. The Bertz CT molecular complexity index is 1480. The van der Waals surface area contributed by atoms with E-state index in [9.17, 15) is 9.59 Å². The summed E-state index contributed by atoms with van der Waals surface area (Å²) in [6.45, 7) is 4.65. The van der Waals surface area contributed by atoms with Crippen LogP contribution in [0.15, 0.2) is 71.5 Å². The molecule has 0 spiro atoms. The van der Waals surface area contributed by atoms with E-state index in [-0.39, 0.29) is 18.3 Å². The van der Waals surface area contributed by atoms with E-state index in [1.54, 1.807) is 58.0 Å². The third kappa shape index (κ3) is 4.31. The van der Waals surface area contributed by atoms with Gasteiger partial charge in [0, 0.05) is 17.1 Å². The Kier molecular flexibility index (Phi) is 6.65. The average Bonchev–Trinajstić information content (AvgIpc) is 3.37. The fourth-order valence-corrected chi connectivity index (χ4v) is 4.72. The number of ether oxygens (including phenoxy) is 2. The van der Waals surface area contributed by atoms with Gasteiger partial charge in [0.15, 0.2) is 11.5 Å². The highest BCUT2D eigenvalue weighted by Crippen LogP contribution is 2.34. The monoisotopic (exact) mass is 503 g/mol. The van der Waals surface area contributed by atoms with Crippen molar-refractivity contribution in [2.45, 2.75) is 32.7 Å². The standard InChI is InChI=1S/C28H26ClN3O4/c1-3-15-31(27(33)18-9-14-24-25(16-18)36-17-35-24)23(4-2)26-30-22-8-6-5-7-21(22)28(34)32(26)20-12-10-19(29)11-13-20/h5-14,16,23H,3-4,15,17H2,1-2H3. The van der Waals surface area contributed by atoms with Crippen molar-refractivity contribution >= 4 is 28.4 Å². The number of aromatic nitrogens is 2. The molecule has 36 heavy (non-hydrogen) atoms. The number of fused-ring (bicyclic) bond motifs is 2. The molecule has 0 saturated heterocycles. The van der Waals surface area contributed by atoms with Crippen LogP contribution in [0.25, 0.3) is 16.6 Å². The maximum atomic E-state index is 13.8. The van der Waals surface area contributed by atoms with Gasteiger partial charge >= 0.3 is 0 Å². The Hall–Kier alpha value is -3.84. The van der Waals surface area contributed by atoms with E-state index in [1.165, 1.54) is 0 Å². The van der Waals surface area contributed by atoms with E-state index >= 15 is 0 Å². The average molecular weight is 504 g/mol. The van der Waals surface area contributed by atoms with Crippen LogP contribution >= 0.6 is 11.6 Å². The van der Waals surface area contributed by atoms with Crippen LogP contribution in [0.3, 0.4) is 0 Å². The molecule has 3 aromatic carbocycles. The highest BCUT2D eigenvalue weighted by molar-refractivity contribution is 6.30. The predicted molar refractivity (Wildman–Crippen MR) is 139 cm³/mol. The maximum Gasteiger partial charge on any atom is 0.266 e. The van der Waals surface area contributed by atoms with Gasteiger partial charge in [0.25, 0.3) is 11.5 Å². The van der Waals surface area contributed by atoms with Crippen molar-refractivity contribution < 1.29 is 14.3 Å². The fourth-order valence-electron chi connectivity index (χ4n) is 4.59. The fraction of sp³-hybridized carbons (Fsp3) is 0.250. The third-order valence-electron chi connectivity index (χ3n) is 6.29. The molecule has 1 atom stereocenters. The highest BCUT2D eigenvalue weighted by atomic mass is 35.5. The summed E-state index contributed by atoms with van der Waals surface area (Å²) in [5.41, 5.74) is 1.53. The summed E-state index contributed by atoms with van der Waals surface area (Å²) in [7, 11) is 0. The molecule has 2 heterocycles. The predicted octanol–water partition coefficient (Wildman–Crippen LogP) is 5.77. The Morgan fingerprint density at radius 3 is 2.56 bits per heavy atom. The zero-order chi connectivity index (χ0) is 25.2. The zero-order valence-electron chi connectivity index (χ0n) is 20.1. The Labute approximate surface area is 213 Å². The maximum absolute atomic E-state index is 13.8.